The lowest BCUT2D eigenvalue weighted by atomic mass is 9.70. The second kappa shape index (κ2) is 7.11. The highest BCUT2D eigenvalue weighted by Crippen LogP contribution is 2.68. The molecule has 2 aliphatic carbocycles. The van der Waals surface area contributed by atoms with Gasteiger partial charge in [0.25, 0.3) is 0 Å². The molecule has 4 nitrogen and oxygen atoms in total. The molecule has 5 rings (SSSR count). The summed E-state index contributed by atoms with van der Waals surface area (Å²) in [6.45, 7) is 7.17. The molecule has 0 amide bonds. The fourth-order valence-electron chi connectivity index (χ4n) is 5.53. The molecule has 2 aromatic carbocycles. The van der Waals surface area contributed by atoms with Crippen LogP contribution in [0.25, 0.3) is 5.69 Å². The van der Waals surface area contributed by atoms with Crippen LogP contribution in [-0.2, 0) is 16.8 Å². The minimum Gasteiger partial charge on any atom is -0.455 e. The first-order chi connectivity index (χ1) is 14.7. The van der Waals surface area contributed by atoms with E-state index in [4.69, 9.17) is 33.0 Å². The molecule has 0 aliphatic heterocycles. The van der Waals surface area contributed by atoms with Crippen LogP contribution >= 0.6 is 23.2 Å². The monoisotopic (exact) mass is 454 g/mol. The number of rotatable bonds is 4. The van der Waals surface area contributed by atoms with Crippen LogP contribution in [0, 0.1) is 5.41 Å². The van der Waals surface area contributed by atoms with Gasteiger partial charge in [0.1, 0.15) is 12.3 Å². The number of hydrogen-bond donors (Lipinski definition) is 0. The number of halogens is 2. The topological polar surface area (TPSA) is 44.1 Å². The van der Waals surface area contributed by atoms with Gasteiger partial charge in [-0.1, -0.05) is 62.2 Å². The Kier molecular flexibility index (Phi) is 4.72. The number of fused-ring (bicyclic) bond motifs is 5. The summed E-state index contributed by atoms with van der Waals surface area (Å²) >= 11 is 12.1. The van der Waals surface area contributed by atoms with Gasteiger partial charge in [0.2, 0.25) is 0 Å². The van der Waals surface area contributed by atoms with E-state index in [9.17, 15) is 4.79 Å². The zero-order valence-electron chi connectivity index (χ0n) is 17.8. The highest BCUT2D eigenvalue weighted by Gasteiger charge is 2.62. The predicted octanol–water partition coefficient (Wildman–Crippen LogP) is 6.71. The summed E-state index contributed by atoms with van der Waals surface area (Å²) in [5, 5.41) is 5.70. The fraction of sp³-hybridized carbons (Fsp3) is 0.360. The number of nitrogens with zero attached hydrogens (tertiary/aromatic N) is 2. The van der Waals surface area contributed by atoms with Crippen LogP contribution in [0.2, 0.25) is 10.0 Å². The van der Waals surface area contributed by atoms with E-state index in [0.717, 1.165) is 24.2 Å². The van der Waals surface area contributed by atoms with E-state index in [1.807, 2.05) is 18.2 Å². The lowest BCUT2D eigenvalue weighted by Crippen LogP contribution is -2.33. The zero-order valence-corrected chi connectivity index (χ0v) is 19.3. The summed E-state index contributed by atoms with van der Waals surface area (Å²) in [7, 11) is 0. The van der Waals surface area contributed by atoms with Crippen LogP contribution in [-0.4, -0.2) is 15.7 Å². The molecule has 1 heterocycles. The van der Waals surface area contributed by atoms with E-state index in [0.29, 0.717) is 16.5 Å². The van der Waals surface area contributed by atoms with Crippen molar-refractivity contribution in [3.8, 4) is 5.69 Å². The quantitative estimate of drug-likeness (QED) is 0.411. The van der Waals surface area contributed by atoms with Crippen molar-refractivity contribution in [2.24, 2.45) is 5.41 Å². The molecule has 1 saturated carbocycles. The standard InChI is InChI=1S/C25H24Cl2N2O2/c1-24(2)18-11-12-25(24,3)22-21(18)20(28-29(22)16-7-5-4-6-8-16)14-31-23(30)17-10-9-15(26)13-19(17)27/h4-10,13,18H,11-12,14H2,1-3H3/t18-,25-/m1/s1. The molecule has 6 heteroatoms. The van der Waals surface area contributed by atoms with Crippen molar-refractivity contribution in [1.82, 2.24) is 9.78 Å². The molecule has 0 radical (unpaired) electrons. The Labute approximate surface area is 192 Å². The SMILES string of the molecule is CC1(C)[C@@H]2CC[C@]1(C)c1c2c(COC(=O)c2ccc(Cl)cc2Cl)nn1-c1ccccc1. The van der Waals surface area contributed by atoms with Crippen LogP contribution in [0.4, 0.5) is 0 Å². The second-order valence-corrected chi connectivity index (χ2v) is 10.1. The molecule has 2 bridgehead atoms. The number of carbonyl (C=O) groups is 1. The Balaban J connectivity index is 1.53. The Hall–Kier alpha value is -2.30. The highest BCUT2D eigenvalue weighted by atomic mass is 35.5. The van der Waals surface area contributed by atoms with Crippen LogP contribution < -0.4 is 0 Å². The van der Waals surface area contributed by atoms with E-state index >= 15 is 0 Å². The molecule has 0 unspecified atom stereocenters. The van der Waals surface area contributed by atoms with Gasteiger partial charge in [-0.05, 0) is 54.5 Å². The molecule has 0 N–H and O–H groups in total. The molecular formula is C25H24Cl2N2O2. The van der Waals surface area contributed by atoms with Crippen LogP contribution in [0.5, 0.6) is 0 Å². The van der Waals surface area contributed by atoms with Gasteiger partial charge in [0, 0.05) is 16.0 Å². The molecule has 31 heavy (non-hydrogen) atoms. The van der Waals surface area contributed by atoms with Crippen LogP contribution in [0.3, 0.4) is 0 Å². The lowest BCUT2D eigenvalue weighted by Gasteiger charge is -2.35. The Morgan fingerprint density at radius 1 is 1.16 bits per heavy atom. The molecular weight excluding hydrogens is 431 g/mol. The minimum absolute atomic E-state index is 0.0254. The third-order valence-corrected chi connectivity index (χ3v) is 8.14. The first kappa shape index (κ1) is 20.6. The zero-order chi connectivity index (χ0) is 22.0. The third kappa shape index (κ3) is 2.95. The van der Waals surface area contributed by atoms with E-state index in [2.05, 4.69) is 37.6 Å². The van der Waals surface area contributed by atoms with Gasteiger partial charge in [-0.15, -0.1) is 0 Å². The molecule has 1 aromatic heterocycles. The summed E-state index contributed by atoms with van der Waals surface area (Å²) in [6, 6.07) is 14.9. The van der Waals surface area contributed by atoms with Gasteiger partial charge in [0.05, 0.1) is 22.0 Å². The van der Waals surface area contributed by atoms with Crippen molar-refractivity contribution in [2.75, 3.05) is 0 Å². The number of ether oxygens (including phenoxy) is 1. The molecule has 1 fully saturated rings. The van der Waals surface area contributed by atoms with E-state index in [-0.39, 0.29) is 22.5 Å². The molecule has 2 atom stereocenters. The normalized spacial score (nSPS) is 23.1. The van der Waals surface area contributed by atoms with Crippen molar-refractivity contribution in [1.29, 1.82) is 0 Å². The summed E-state index contributed by atoms with van der Waals surface area (Å²) in [4.78, 5) is 12.7. The summed E-state index contributed by atoms with van der Waals surface area (Å²) in [6.07, 6.45) is 2.26. The molecule has 0 saturated heterocycles. The third-order valence-electron chi connectivity index (χ3n) is 7.59. The first-order valence-corrected chi connectivity index (χ1v) is 11.3. The largest absolute Gasteiger partial charge is 0.455 e. The molecule has 160 valence electrons. The number of hydrogen-bond acceptors (Lipinski definition) is 3. The van der Waals surface area contributed by atoms with E-state index < -0.39 is 5.97 Å². The molecule has 0 spiro atoms. The van der Waals surface area contributed by atoms with Crippen LogP contribution in [0.1, 0.15) is 66.8 Å². The van der Waals surface area contributed by atoms with Gasteiger partial charge >= 0.3 is 5.97 Å². The minimum atomic E-state index is -0.474. The number of aromatic nitrogens is 2. The summed E-state index contributed by atoms with van der Waals surface area (Å²) in [5.74, 6) is -0.0731. The Morgan fingerprint density at radius 3 is 2.61 bits per heavy atom. The van der Waals surface area contributed by atoms with Crippen LogP contribution in [0.15, 0.2) is 48.5 Å². The van der Waals surface area contributed by atoms with E-state index in [1.54, 1.807) is 18.2 Å². The lowest BCUT2D eigenvalue weighted by molar-refractivity contribution is 0.0465. The van der Waals surface area contributed by atoms with E-state index in [1.165, 1.54) is 11.3 Å². The number of para-hydroxylation sites is 1. The second-order valence-electron chi connectivity index (χ2n) is 9.30. The fourth-order valence-corrected chi connectivity index (χ4v) is 6.02. The summed E-state index contributed by atoms with van der Waals surface area (Å²) < 4.78 is 7.74. The van der Waals surface area contributed by atoms with Gasteiger partial charge < -0.3 is 4.74 Å². The van der Waals surface area contributed by atoms with Crippen molar-refractivity contribution in [3.63, 3.8) is 0 Å². The van der Waals surface area contributed by atoms with Crippen molar-refractivity contribution in [3.05, 3.63) is 81.1 Å². The maximum Gasteiger partial charge on any atom is 0.340 e. The smallest absolute Gasteiger partial charge is 0.340 e. The first-order valence-electron chi connectivity index (χ1n) is 10.5. The number of benzene rings is 2. The maximum atomic E-state index is 12.7. The Morgan fingerprint density at radius 2 is 1.90 bits per heavy atom. The molecule has 3 aromatic rings. The number of carbonyl (C=O) groups excluding carboxylic acids is 1. The van der Waals surface area contributed by atoms with Gasteiger partial charge in [-0.2, -0.15) is 5.10 Å². The highest BCUT2D eigenvalue weighted by molar-refractivity contribution is 6.36. The molecule has 2 aliphatic rings. The van der Waals surface area contributed by atoms with Gasteiger partial charge in [0.15, 0.2) is 0 Å². The van der Waals surface area contributed by atoms with Gasteiger partial charge in [-0.25, -0.2) is 9.48 Å². The average molecular weight is 455 g/mol. The Bertz CT molecular complexity index is 1190. The van der Waals surface area contributed by atoms with Crippen molar-refractivity contribution < 1.29 is 9.53 Å². The predicted molar refractivity (Wildman–Crippen MR) is 122 cm³/mol. The van der Waals surface area contributed by atoms with Gasteiger partial charge in [-0.3, -0.25) is 0 Å². The maximum absolute atomic E-state index is 12.7. The summed E-state index contributed by atoms with van der Waals surface area (Å²) in [5.41, 5.74) is 4.82. The van der Waals surface area contributed by atoms with Crippen molar-refractivity contribution >= 4 is 29.2 Å². The van der Waals surface area contributed by atoms with Crippen molar-refractivity contribution in [2.45, 2.75) is 51.6 Å². The average Bonchev–Trinajstić information content (AvgIpc) is 3.28. The number of esters is 1.